The van der Waals surface area contributed by atoms with E-state index in [1.54, 1.807) is 5.51 Å². The molecule has 16 heteroatoms. The highest BCUT2D eigenvalue weighted by molar-refractivity contribution is 7.13. The molecule has 2 saturated carbocycles. The Morgan fingerprint density at radius 1 is 0.690 bits per heavy atom. The van der Waals surface area contributed by atoms with E-state index in [9.17, 15) is 23.2 Å². The number of rotatable bonds is 20. The number of carbonyl (C=O) groups is 3. The van der Waals surface area contributed by atoms with Crippen molar-refractivity contribution < 1.29 is 27.9 Å². The standard InChI is InChI=1S/C27H41FN6O2S.C24H40FN3O.C4H8O/c1-5-14-34(15-6-7-19-8-10-21(28)11-9-19)17-20-16-22(30-24(35)27(2,3)4)12-13-23(20)31-25(36)32-26-33-29-18-37-26;1-5-14-28(15-6-7-18-8-10-20(25)11-9-18)17-19-16-21(12-13-22(19)26)27-23(29)24(2,3)4;1-2-4-5-3-1/h8-11,18,20,22-23H,5-7,12-17H2,1-4H3,(H,30,35)(H2,31,32,33,36);8-11,19,21-22H,5-7,12-17,26H2,1-4H3,(H,27,29);1-4H2/t20-,22+,23+;19-,21+,22+;/m00./s1. The van der Waals surface area contributed by atoms with Crippen molar-refractivity contribution in [1.29, 1.82) is 0 Å². The average molecular weight is 1010 g/mol. The van der Waals surface area contributed by atoms with Crippen molar-refractivity contribution in [3.05, 3.63) is 76.8 Å². The molecule has 6 N–H and O–H groups in total. The van der Waals surface area contributed by atoms with Crippen LogP contribution in [0, 0.1) is 34.3 Å². The van der Waals surface area contributed by atoms with Crippen LogP contribution in [0.4, 0.5) is 18.7 Å². The fourth-order valence-corrected chi connectivity index (χ4v) is 9.90. The first-order valence-corrected chi connectivity index (χ1v) is 27.4. The number of benzene rings is 2. The Hall–Kier alpha value is -4.09. The molecule has 0 radical (unpaired) electrons. The van der Waals surface area contributed by atoms with Gasteiger partial charge >= 0.3 is 6.03 Å². The number of nitrogens with two attached hydrogens (primary N) is 1. The molecule has 1 saturated heterocycles. The molecule has 0 bridgehead atoms. The highest BCUT2D eigenvalue weighted by atomic mass is 32.1. The lowest BCUT2D eigenvalue weighted by Crippen LogP contribution is -2.53. The molecule has 3 fully saturated rings. The molecule has 2 aliphatic carbocycles. The van der Waals surface area contributed by atoms with Gasteiger partial charge in [-0.15, -0.1) is 10.2 Å². The summed E-state index contributed by atoms with van der Waals surface area (Å²) in [5.41, 5.74) is 9.55. The van der Waals surface area contributed by atoms with Crippen LogP contribution in [0.5, 0.6) is 0 Å². The summed E-state index contributed by atoms with van der Waals surface area (Å²) in [5.74, 6) is 0.391. The van der Waals surface area contributed by atoms with Crippen molar-refractivity contribution in [3.8, 4) is 0 Å². The number of nitrogens with one attached hydrogen (secondary N) is 4. The van der Waals surface area contributed by atoms with Gasteiger partial charge in [-0.3, -0.25) is 14.9 Å². The van der Waals surface area contributed by atoms with Crippen LogP contribution in [-0.4, -0.2) is 114 Å². The maximum Gasteiger partial charge on any atom is 0.321 e. The number of hydrogen-bond acceptors (Lipinski definition) is 10. The Morgan fingerprint density at radius 3 is 1.61 bits per heavy atom. The second-order valence-electron chi connectivity index (χ2n) is 22.0. The topological polar surface area (TPSA) is 167 Å². The fraction of sp³-hybridized carbons (Fsp3) is 0.691. The van der Waals surface area contributed by atoms with Gasteiger partial charge in [-0.05, 0) is 163 Å². The lowest BCUT2D eigenvalue weighted by atomic mass is 9.80. The Labute approximate surface area is 429 Å². The normalized spacial score (nSPS) is 21.4. The number of amides is 4. The lowest BCUT2D eigenvalue weighted by Gasteiger charge is -2.40. The quantitative estimate of drug-likeness (QED) is 0.0741. The number of hydrogen-bond donors (Lipinski definition) is 5. The molecule has 0 unspecified atom stereocenters. The van der Waals surface area contributed by atoms with Crippen LogP contribution < -0.4 is 27.0 Å². The smallest absolute Gasteiger partial charge is 0.321 e. The third-order valence-electron chi connectivity index (χ3n) is 13.6. The molecule has 6 atom stereocenters. The minimum atomic E-state index is -0.444. The summed E-state index contributed by atoms with van der Waals surface area (Å²) in [6.45, 7) is 23.8. The predicted molar refractivity (Wildman–Crippen MR) is 284 cm³/mol. The van der Waals surface area contributed by atoms with E-state index in [4.69, 9.17) is 10.5 Å². The first kappa shape index (κ1) is 59.5. The molecule has 1 aromatic heterocycles. The molecule has 13 nitrogen and oxygen atoms in total. The first-order valence-electron chi connectivity index (χ1n) is 26.5. The maximum absolute atomic E-state index is 13.2. The van der Waals surface area contributed by atoms with Crippen LogP contribution in [0.3, 0.4) is 0 Å². The van der Waals surface area contributed by atoms with Gasteiger partial charge in [0, 0.05) is 61.3 Å². The number of anilines is 1. The zero-order valence-corrected chi connectivity index (χ0v) is 45.2. The van der Waals surface area contributed by atoms with Crippen molar-refractivity contribution in [2.45, 2.75) is 169 Å². The lowest BCUT2D eigenvalue weighted by molar-refractivity contribution is -0.130. The monoisotopic (exact) mass is 1010 g/mol. The molecule has 398 valence electrons. The Balaban J connectivity index is 0.000000287. The largest absolute Gasteiger partial charge is 0.381 e. The number of nitrogens with zero attached hydrogens (tertiary/aromatic N) is 4. The van der Waals surface area contributed by atoms with Gasteiger partial charge < -0.3 is 36.2 Å². The number of ether oxygens (including phenoxy) is 1. The molecule has 0 spiro atoms. The predicted octanol–water partition coefficient (Wildman–Crippen LogP) is 9.77. The Bertz CT molecular complexity index is 1950. The highest BCUT2D eigenvalue weighted by Gasteiger charge is 2.36. The third kappa shape index (κ3) is 23.1. The summed E-state index contributed by atoms with van der Waals surface area (Å²) in [6, 6.07) is 13.8. The zero-order chi connectivity index (χ0) is 51.8. The minimum absolute atomic E-state index is 0.00725. The van der Waals surface area contributed by atoms with Crippen LogP contribution in [0.15, 0.2) is 54.0 Å². The van der Waals surface area contributed by atoms with Crippen LogP contribution >= 0.6 is 11.3 Å². The average Bonchev–Trinajstić information content (AvgIpc) is 4.08. The Morgan fingerprint density at radius 2 is 1.17 bits per heavy atom. The number of carbonyl (C=O) groups excluding carboxylic acids is 3. The van der Waals surface area contributed by atoms with Crippen molar-refractivity contribution in [1.82, 2.24) is 35.9 Å². The zero-order valence-electron chi connectivity index (χ0n) is 44.4. The van der Waals surface area contributed by atoms with Crippen molar-refractivity contribution in [3.63, 3.8) is 0 Å². The highest BCUT2D eigenvalue weighted by Crippen LogP contribution is 2.29. The van der Waals surface area contributed by atoms with Gasteiger partial charge in [0.25, 0.3) is 0 Å². The second kappa shape index (κ2) is 30.8. The Kier molecular flexibility index (Phi) is 25.8. The van der Waals surface area contributed by atoms with Gasteiger partial charge in [0.05, 0.1) is 0 Å². The number of halogens is 2. The van der Waals surface area contributed by atoms with E-state index in [2.05, 4.69) is 55.1 Å². The molecule has 3 aromatic rings. The van der Waals surface area contributed by atoms with E-state index < -0.39 is 5.41 Å². The van der Waals surface area contributed by atoms with Gasteiger partial charge in [0.15, 0.2) is 0 Å². The van der Waals surface area contributed by atoms with Crippen LogP contribution in [0.25, 0.3) is 0 Å². The summed E-state index contributed by atoms with van der Waals surface area (Å²) in [6.07, 6.45) is 13.9. The maximum atomic E-state index is 13.2. The van der Waals surface area contributed by atoms with Gasteiger partial charge in [-0.1, -0.05) is 91.0 Å². The van der Waals surface area contributed by atoms with E-state index >= 15 is 0 Å². The van der Waals surface area contributed by atoms with Crippen LogP contribution in [-0.2, 0) is 27.2 Å². The SMILES string of the molecule is C1CCOC1.CCCN(CCCc1ccc(F)cc1)C[C@@H]1C[C@H](NC(=O)C(C)(C)C)CC[C@H]1N.CCCN(CCCc1ccc(F)cc1)C[C@@H]1C[C@H](NC(=O)C(C)(C)C)CC[C@H]1NC(=O)Nc1nncs1. The second-order valence-corrected chi connectivity index (χ2v) is 22.8. The molecule has 4 amide bonds. The van der Waals surface area contributed by atoms with E-state index in [1.807, 2.05) is 65.8 Å². The summed E-state index contributed by atoms with van der Waals surface area (Å²) in [5, 5.41) is 20.5. The molecule has 3 aliphatic rings. The molecule has 1 aliphatic heterocycles. The van der Waals surface area contributed by atoms with Crippen LogP contribution in [0.1, 0.15) is 144 Å². The molecule has 2 heterocycles. The van der Waals surface area contributed by atoms with Gasteiger partial charge in [0.1, 0.15) is 17.1 Å². The number of aryl methyl sites for hydroxylation is 2. The third-order valence-corrected chi connectivity index (χ3v) is 14.2. The fourth-order valence-electron chi connectivity index (χ4n) is 9.46. The molecular formula is C55H89F2N9O4S. The van der Waals surface area contributed by atoms with Crippen LogP contribution in [0.2, 0.25) is 0 Å². The van der Waals surface area contributed by atoms with Gasteiger partial charge in [-0.25, -0.2) is 13.6 Å². The van der Waals surface area contributed by atoms with E-state index in [0.717, 1.165) is 135 Å². The van der Waals surface area contributed by atoms with Gasteiger partial charge in [-0.2, -0.15) is 0 Å². The first-order chi connectivity index (χ1) is 33.8. The van der Waals surface area contributed by atoms with E-state index in [0.29, 0.717) is 11.0 Å². The molecule has 6 rings (SSSR count). The van der Waals surface area contributed by atoms with Crippen molar-refractivity contribution in [2.75, 3.05) is 57.8 Å². The summed E-state index contributed by atoms with van der Waals surface area (Å²) in [7, 11) is 0. The minimum Gasteiger partial charge on any atom is -0.381 e. The number of urea groups is 1. The van der Waals surface area contributed by atoms with Gasteiger partial charge in [0.2, 0.25) is 16.9 Å². The summed E-state index contributed by atoms with van der Waals surface area (Å²) in [4.78, 5) is 42.7. The van der Waals surface area contributed by atoms with E-state index in [-0.39, 0.29) is 65.0 Å². The van der Waals surface area contributed by atoms with E-state index in [1.165, 1.54) is 54.0 Å². The molecule has 71 heavy (non-hydrogen) atoms. The molecular weight excluding hydrogens is 921 g/mol. The van der Waals surface area contributed by atoms with Crippen molar-refractivity contribution >= 4 is 34.3 Å². The number of aromatic nitrogens is 2. The molecule has 2 aromatic carbocycles. The van der Waals surface area contributed by atoms with Crippen molar-refractivity contribution in [2.24, 2.45) is 28.4 Å². The summed E-state index contributed by atoms with van der Waals surface area (Å²) < 4.78 is 31.2. The summed E-state index contributed by atoms with van der Waals surface area (Å²) >= 11 is 1.28.